The van der Waals surface area contributed by atoms with E-state index in [1.807, 2.05) is 0 Å². The molecule has 0 bridgehead atoms. The van der Waals surface area contributed by atoms with Crippen molar-refractivity contribution >= 4 is 5.97 Å². The fourth-order valence-corrected chi connectivity index (χ4v) is 1.97. The van der Waals surface area contributed by atoms with E-state index in [9.17, 15) is 18.0 Å². The van der Waals surface area contributed by atoms with Crippen LogP contribution in [0.2, 0.25) is 0 Å². The first-order valence-corrected chi connectivity index (χ1v) is 5.48. The van der Waals surface area contributed by atoms with E-state index in [1.54, 1.807) is 0 Å². The predicted octanol–water partition coefficient (Wildman–Crippen LogP) is 1.10. The molecule has 1 saturated heterocycles. The highest BCUT2D eigenvalue weighted by atomic mass is 19.4. The lowest BCUT2D eigenvalue weighted by Gasteiger charge is -2.32. The van der Waals surface area contributed by atoms with E-state index in [0.29, 0.717) is 25.9 Å². The molecule has 0 radical (unpaired) electrons. The number of carbonyl (C=O) groups is 1. The Bertz CT molecular complexity index is 262. The molecule has 1 fully saturated rings. The summed E-state index contributed by atoms with van der Waals surface area (Å²) < 4.78 is 36.3. The standard InChI is InChI=1S/C10H16F3NO3/c11-10(12,13)8(15)6-14-3-1-7(2-4-14)5-9(16)17/h7-8,15H,1-6H2,(H,16,17). The van der Waals surface area contributed by atoms with Gasteiger partial charge >= 0.3 is 12.1 Å². The van der Waals surface area contributed by atoms with Crippen molar-refractivity contribution in [3.8, 4) is 0 Å². The summed E-state index contributed by atoms with van der Waals surface area (Å²) in [7, 11) is 0. The van der Waals surface area contributed by atoms with Crippen molar-refractivity contribution < 1.29 is 28.2 Å². The number of nitrogens with zero attached hydrogens (tertiary/aromatic N) is 1. The maximum atomic E-state index is 12.1. The molecule has 1 atom stereocenters. The maximum absolute atomic E-state index is 12.1. The van der Waals surface area contributed by atoms with Crippen LogP contribution in [0.4, 0.5) is 13.2 Å². The van der Waals surface area contributed by atoms with Crippen LogP contribution in [0.25, 0.3) is 0 Å². The Kier molecular flexibility index (Phi) is 4.76. The molecular weight excluding hydrogens is 239 g/mol. The molecule has 1 rings (SSSR count). The summed E-state index contributed by atoms with van der Waals surface area (Å²) in [6.45, 7) is 0.388. The Morgan fingerprint density at radius 2 is 1.88 bits per heavy atom. The molecule has 0 spiro atoms. The van der Waals surface area contributed by atoms with Crippen LogP contribution in [-0.4, -0.2) is 53.0 Å². The van der Waals surface area contributed by atoms with Crippen molar-refractivity contribution in [2.24, 2.45) is 5.92 Å². The van der Waals surface area contributed by atoms with Gasteiger partial charge in [0.05, 0.1) is 0 Å². The van der Waals surface area contributed by atoms with Crippen LogP contribution in [0.15, 0.2) is 0 Å². The molecule has 2 N–H and O–H groups in total. The van der Waals surface area contributed by atoms with E-state index in [0.717, 1.165) is 0 Å². The molecule has 1 heterocycles. The number of aliphatic carboxylic acids is 1. The van der Waals surface area contributed by atoms with Gasteiger partial charge in [-0.05, 0) is 31.8 Å². The van der Waals surface area contributed by atoms with Gasteiger partial charge < -0.3 is 15.1 Å². The average Bonchev–Trinajstić information content (AvgIpc) is 2.18. The second kappa shape index (κ2) is 5.68. The van der Waals surface area contributed by atoms with Gasteiger partial charge in [-0.2, -0.15) is 13.2 Å². The summed E-state index contributed by atoms with van der Waals surface area (Å²) in [5.74, 6) is -0.842. The second-order valence-electron chi connectivity index (χ2n) is 4.40. The van der Waals surface area contributed by atoms with Crippen LogP contribution >= 0.6 is 0 Å². The summed E-state index contributed by atoms with van der Waals surface area (Å²) in [4.78, 5) is 12.0. The lowest BCUT2D eigenvalue weighted by Crippen LogP contribution is -2.44. The first kappa shape index (κ1) is 14.2. The summed E-state index contributed by atoms with van der Waals surface area (Å²) in [5, 5.41) is 17.5. The van der Waals surface area contributed by atoms with Crippen molar-refractivity contribution in [2.75, 3.05) is 19.6 Å². The third-order valence-corrected chi connectivity index (χ3v) is 2.98. The number of carboxylic acid groups (broad SMARTS) is 1. The van der Waals surface area contributed by atoms with Gasteiger partial charge in [0.25, 0.3) is 0 Å². The SMILES string of the molecule is O=C(O)CC1CCN(CC(O)C(F)(F)F)CC1. The Labute approximate surface area is 97.0 Å². The second-order valence-corrected chi connectivity index (χ2v) is 4.40. The molecule has 0 aromatic heterocycles. The number of β-amino-alcohol motifs (C(OH)–C–C–N with tert-alkyl or cyclic N) is 1. The van der Waals surface area contributed by atoms with Crippen LogP contribution < -0.4 is 0 Å². The monoisotopic (exact) mass is 255 g/mol. The van der Waals surface area contributed by atoms with Crippen molar-refractivity contribution in [1.29, 1.82) is 0 Å². The highest BCUT2D eigenvalue weighted by molar-refractivity contribution is 5.67. The molecule has 17 heavy (non-hydrogen) atoms. The van der Waals surface area contributed by atoms with Gasteiger partial charge in [-0.3, -0.25) is 4.79 Å². The van der Waals surface area contributed by atoms with Crippen LogP contribution in [-0.2, 0) is 4.79 Å². The number of rotatable bonds is 4. The molecule has 1 unspecified atom stereocenters. The van der Waals surface area contributed by atoms with Crippen molar-refractivity contribution in [3.63, 3.8) is 0 Å². The number of carboxylic acids is 1. The summed E-state index contributed by atoms with van der Waals surface area (Å²) >= 11 is 0. The van der Waals surface area contributed by atoms with E-state index in [2.05, 4.69) is 0 Å². The highest BCUT2D eigenvalue weighted by Gasteiger charge is 2.39. The number of hydrogen-bond donors (Lipinski definition) is 2. The number of aliphatic hydroxyl groups excluding tert-OH is 1. The average molecular weight is 255 g/mol. The third-order valence-electron chi connectivity index (χ3n) is 2.98. The molecule has 0 amide bonds. The molecule has 1 aliphatic heterocycles. The van der Waals surface area contributed by atoms with Gasteiger partial charge in [0.2, 0.25) is 0 Å². The van der Waals surface area contributed by atoms with Gasteiger partial charge in [0.15, 0.2) is 6.10 Å². The molecule has 100 valence electrons. The molecule has 0 aromatic rings. The van der Waals surface area contributed by atoms with Gasteiger partial charge in [-0.25, -0.2) is 0 Å². The fourth-order valence-electron chi connectivity index (χ4n) is 1.97. The van der Waals surface area contributed by atoms with Crippen LogP contribution in [0.1, 0.15) is 19.3 Å². The Morgan fingerprint density at radius 3 is 2.29 bits per heavy atom. The Hall–Kier alpha value is -0.820. The zero-order valence-corrected chi connectivity index (χ0v) is 9.28. The minimum atomic E-state index is -4.59. The normalized spacial score (nSPS) is 21.4. The molecule has 1 aliphatic rings. The van der Waals surface area contributed by atoms with Crippen molar-refractivity contribution in [3.05, 3.63) is 0 Å². The highest BCUT2D eigenvalue weighted by Crippen LogP contribution is 2.24. The molecule has 4 nitrogen and oxygen atoms in total. The first-order valence-electron chi connectivity index (χ1n) is 5.48. The van der Waals surface area contributed by atoms with E-state index in [1.165, 1.54) is 4.90 Å². The minimum absolute atomic E-state index is 0.0341. The summed E-state index contributed by atoms with van der Waals surface area (Å²) in [5.41, 5.74) is 0. The third kappa shape index (κ3) is 4.91. The van der Waals surface area contributed by atoms with Gasteiger partial charge in [-0.1, -0.05) is 0 Å². The quantitative estimate of drug-likeness (QED) is 0.789. The predicted molar refractivity (Wildman–Crippen MR) is 53.5 cm³/mol. The van der Waals surface area contributed by atoms with Crippen LogP contribution in [0.5, 0.6) is 0 Å². The summed E-state index contributed by atoms with van der Waals surface area (Å²) in [6.07, 6.45) is -5.71. The zero-order valence-electron chi connectivity index (χ0n) is 9.28. The van der Waals surface area contributed by atoms with E-state index < -0.39 is 24.8 Å². The zero-order chi connectivity index (χ0) is 13.1. The topological polar surface area (TPSA) is 60.8 Å². The van der Waals surface area contributed by atoms with Gasteiger partial charge in [0.1, 0.15) is 0 Å². The molecule has 0 aliphatic carbocycles. The maximum Gasteiger partial charge on any atom is 0.415 e. The van der Waals surface area contributed by atoms with E-state index in [4.69, 9.17) is 10.2 Å². The number of hydrogen-bond acceptors (Lipinski definition) is 3. The lowest BCUT2D eigenvalue weighted by atomic mass is 9.93. The van der Waals surface area contributed by atoms with Crippen LogP contribution in [0.3, 0.4) is 0 Å². The van der Waals surface area contributed by atoms with Gasteiger partial charge in [-0.15, -0.1) is 0 Å². The van der Waals surface area contributed by atoms with Crippen LogP contribution in [0, 0.1) is 5.92 Å². The van der Waals surface area contributed by atoms with E-state index >= 15 is 0 Å². The Morgan fingerprint density at radius 1 is 1.35 bits per heavy atom. The molecule has 7 heteroatoms. The lowest BCUT2D eigenvalue weighted by molar-refractivity contribution is -0.208. The number of piperidine rings is 1. The molecule has 0 aromatic carbocycles. The largest absolute Gasteiger partial charge is 0.481 e. The number of alkyl halides is 3. The minimum Gasteiger partial charge on any atom is -0.481 e. The summed E-state index contributed by atoms with van der Waals surface area (Å²) in [6, 6.07) is 0. The number of likely N-dealkylation sites (tertiary alicyclic amines) is 1. The van der Waals surface area contributed by atoms with Crippen molar-refractivity contribution in [1.82, 2.24) is 4.90 Å². The first-order chi connectivity index (χ1) is 7.79. The van der Waals surface area contributed by atoms with Crippen molar-refractivity contribution in [2.45, 2.75) is 31.5 Å². The molecular formula is C10H16F3NO3. The number of halogens is 3. The number of aliphatic hydroxyl groups is 1. The smallest absolute Gasteiger partial charge is 0.415 e. The Balaban J connectivity index is 2.30. The van der Waals surface area contributed by atoms with Gasteiger partial charge in [0, 0.05) is 13.0 Å². The van der Waals surface area contributed by atoms with E-state index in [-0.39, 0.29) is 12.3 Å². The molecule has 0 saturated carbocycles. The fraction of sp³-hybridized carbons (Fsp3) is 0.900.